The summed E-state index contributed by atoms with van der Waals surface area (Å²) in [4.78, 5) is 4.47. The zero-order valence-corrected chi connectivity index (χ0v) is 17.1. The number of sulfonamides is 1. The van der Waals surface area contributed by atoms with Crippen LogP contribution in [0.3, 0.4) is 0 Å². The van der Waals surface area contributed by atoms with E-state index in [9.17, 15) is 8.42 Å². The van der Waals surface area contributed by atoms with Crippen LogP contribution < -0.4 is 14.8 Å². The fraction of sp³-hybridized carbons (Fsp3) is 0.579. The summed E-state index contributed by atoms with van der Waals surface area (Å²) in [5.41, 5.74) is 0.280. The minimum Gasteiger partial charge on any atom is -0.493 e. The van der Waals surface area contributed by atoms with Crippen molar-refractivity contribution in [3.63, 3.8) is 0 Å². The van der Waals surface area contributed by atoms with Crippen LogP contribution in [0.4, 0.5) is 5.82 Å². The highest BCUT2D eigenvalue weighted by molar-refractivity contribution is 7.89. The molecule has 0 unspecified atom stereocenters. The molecule has 8 nitrogen and oxygen atoms in total. The lowest BCUT2D eigenvalue weighted by Gasteiger charge is -2.24. The Morgan fingerprint density at radius 2 is 2.00 bits per heavy atom. The van der Waals surface area contributed by atoms with Gasteiger partial charge < -0.3 is 10.1 Å². The zero-order chi connectivity index (χ0) is 19.8. The molecule has 2 aromatic heterocycles. The first-order valence-electron chi connectivity index (χ1n) is 9.77. The van der Waals surface area contributed by atoms with E-state index in [2.05, 4.69) is 20.1 Å². The molecule has 0 radical (unpaired) electrons. The maximum absolute atomic E-state index is 13.0. The van der Waals surface area contributed by atoms with E-state index in [4.69, 9.17) is 4.74 Å². The van der Waals surface area contributed by atoms with Gasteiger partial charge in [0, 0.05) is 31.5 Å². The second-order valence-corrected chi connectivity index (χ2v) is 9.41. The molecule has 0 saturated heterocycles. The Morgan fingerprint density at radius 3 is 2.61 bits per heavy atom. The van der Waals surface area contributed by atoms with Crippen LogP contribution in [-0.2, 0) is 22.6 Å². The Kier molecular flexibility index (Phi) is 5.05. The van der Waals surface area contributed by atoms with Crippen molar-refractivity contribution in [3.8, 4) is 5.75 Å². The van der Waals surface area contributed by atoms with Crippen molar-refractivity contribution in [1.29, 1.82) is 0 Å². The highest BCUT2D eigenvalue weighted by atomic mass is 32.2. The monoisotopic (exact) mass is 405 g/mol. The zero-order valence-electron chi connectivity index (χ0n) is 16.3. The van der Waals surface area contributed by atoms with Gasteiger partial charge in [-0.2, -0.15) is 9.82 Å². The van der Waals surface area contributed by atoms with Gasteiger partial charge in [0.2, 0.25) is 10.0 Å². The molecule has 2 saturated carbocycles. The van der Waals surface area contributed by atoms with Crippen molar-refractivity contribution in [3.05, 3.63) is 30.2 Å². The van der Waals surface area contributed by atoms with Gasteiger partial charge in [0.05, 0.1) is 18.3 Å². The van der Waals surface area contributed by atoms with Gasteiger partial charge in [0.1, 0.15) is 4.90 Å². The predicted molar refractivity (Wildman–Crippen MR) is 106 cm³/mol. The Morgan fingerprint density at radius 1 is 1.25 bits per heavy atom. The van der Waals surface area contributed by atoms with Crippen LogP contribution in [0.15, 0.2) is 29.4 Å². The molecule has 2 aliphatic rings. The lowest BCUT2D eigenvalue weighted by Crippen LogP contribution is -2.36. The minimum absolute atomic E-state index is 0.104. The average molecular weight is 406 g/mol. The number of hydrogen-bond donors (Lipinski definition) is 2. The van der Waals surface area contributed by atoms with Crippen LogP contribution in [0.5, 0.6) is 5.75 Å². The summed E-state index contributed by atoms with van der Waals surface area (Å²) in [5, 5.41) is 7.57. The summed E-state index contributed by atoms with van der Waals surface area (Å²) in [6.45, 7) is 0. The van der Waals surface area contributed by atoms with Crippen LogP contribution >= 0.6 is 0 Å². The van der Waals surface area contributed by atoms with Gasteiger partial charge in [0.25, 0.3) is 0 Å². The first kappa shape index (κ1) is 19.2. The van der Waals surface area contributed by atoms with Gasteiger partial charge in [0.15, 0.2) is 11.6 Å². The lowest BCUT2D eigenvalue weighted by atomic mass is 9.95. The molecule has 9 heteroatoms. The molecule has 0 spiro atoms. The minimum atomic E-state index is -3.74. The molecule has 0 aliphatic heterocycles. The molecule has 28 heavy (non-hydrogen) atoms. The fourth-order valence-electron chi connectivity index (χ4n) is 3.97. The molecule has 0 bridgehead atoms. The lowest BCUT2D eigenvalue weighted by molar-refractivity contribution is 0.409. The van der Waals surface area contributed by atoms with E-state index in [1.165, 1.54) is 32.6 Å². The number of ether oxygens (including phenoxy) is 1. The molecule has 2 aromatic rings. The summed E-state index contributed by atoms with van der Waals surface area (Å²) in [6, 6.07) is 3.75. The number of nitrogens with one attached hydrogen (secondary N) is 2. The third-order valence-corrected chi connectivity index (χ3v) is 7.20. The van der Waals surface area contributed by atoms with Crippen molar-refractivity contribution in [2.75, 3.05) is 12.4 Å². The van der Waals surface area contributed by atoms with Crippen molar-refractivity contribution >= 4 is 15.8 Å². The second-order valence-electron chi connectivity index (χ2n) is 7.73. The largest absolute Gasteiger partial charge is 0.493 e. The molecule has 0 aromatic carbocycles. The second kappa shape index (κ2) is 7.36. The first-order chi connectivity index (χ1) is 13.4. The molecule has 2 fully saturated rings. The van der Waals surface area contributed by atoms with Crippen molar-refractivity contribution in [2.45, 2.75) is 61.4 Å². The summed E-state index contributed by atoms with van der Waals surface area (Å²) in [5.74, 6) is 1.04. The SMILES string of the molecule is COc1cc(S(=O)(=O)NC2(c3ccnn3C)CC2)cnc1NC1CCCCC1. The van der Waals surface area contributed by atoms with Crippen LogP contribution in [0.1, 0.15) is 50.6 Å². The summed E-state index contributed by atoms with van der Waals surface area (Å²) >= 11 is 0. The van der Waals surface area contributed by atoms with Crippen molar-refractivity contribution < 1.29 is 13.2 Å². The van der Waals surface area contributed by atoms with Gasteiger partial charge in [-0.05, 0) is 31.7 Å². The number of aryl methyl sites for hydroxylation is 1. The van der Waals surface area contributed by atoms with E-state index in [1.807, 2.05) is 13.1 Å². The van der Waals surface area contributed by atoms with Gasteiger partial charge in [-0.25, -0.2) is 13.4 Å². The van der Waals surface area contributed by atoms with Gasteiger partial charge in [-0.1, -0.05) is 19.3 Å². The molecular formula is C19H27N5O3S. The molecule has 2 heterocycles. The van der Waals surface area contributed by atoms with Crippen LogP contribution in [0, 0.1) is 0 Å². The third kappa shape index (κ3) is 3.73. The highest BCUT2D eigenvalue weighted by Gasteiger charge is 2.49. The number of anilines is 1. The normalized spacial score (nSPS) is 19.4. The Balaban J connectivity index is 1.55. The Bertz CT molecular complexity index is 946. The average Bonchev–Trinajstić information content (AvgIpc) is 3.31. The summed E-state index contributed by atoms with van der Waals surface area (Å²) in [6.07, 6.45) is 10.4. The molecule has 0 amide bonds. The van der Waals surface area contributed by atoms with E-state index in [1.54, 1.807) is 16.9 Å². The topological polar surface area (TPSA) is 98.1 Å². The Labute approximate surface area is 165 Å². The molecule has 152 valence electrons. The Hall–Kier alpha value is -2.13. The number of methoxy groups -OCH3 is 1. The predicted octanol–water partition coefficient (Wildman–Crippen LogP) is 2.54. The van der Waals surface area contributed by atoms with Crippen molar-refractivity contribution in [1.82, 2.24) is 19.5 Å². The molecule has 2 N–H and O–H groups in total. The molecular weight excluding hydrogens is 378 g/mol. The van der Waals surface area contributed by atoms with Crippen LogP contribution in [-0.4, -0.2) is 36.3 Å². The van der Waals surface area contributed by atoms with E-state index in [0.717, 1.165) is 31.4 Å². The third-order valence-electron chi connectivity index (χ3n) is 5.69. The van der Waals surface area contributed by atoms with E-state index < -0.39 is 15.6 Å². The van der Waals surface area contributed by atoms with E-state index >= 15 is 0 Å². The van der Waals surface area contributed by atoms with Crippen LogP contribution in [0.2, 0.25) is 0 Å². The molecule has 2 aliphatic carbocycles. The number of rotatable bonds is 7. The smallest absolute Gasteiger partial charge is 0.243 e. The summed E-state index contributed by atoms with van der Waals surface area (Å²) < 4.78 is 36.0. The molecule has 4 rings (SSSR count). The standard InChI is InChI=1S/C19H27N5O3S/c1-24-17(8-11-21-24)19(9-10-19)23-28(25,26)15-12-16(27-2)18(20-13-15)22-14-6-4-3-5-7-14/h8,11-14,23H,3-7,9-10H2,1-2H3,(H,20,22). The summed E-state index contributed by atoms with van der Waals surface area (Å²) in [7, 11) is -0.390. The first-order valence-corrected chi connectivity index (χ1v) is 11.2. The van der Waals surface area contributed by atoms with Gasteiger partial charge in [-0.15, -0.1) is 0 Å². The highest BCUT2D eigenvalue weighted by Crippen LogP contribution is 2.46. The number of hydrogen-bond acceptors (Lipinski definition) is 6. The van der Waals surface area contributed by atoms with Crippen LogP contribution in [0.25, 0.3) is 0 Å². The van der Waals surface area contributed by atoms with Gasteiger partial charge in [-0.3, -0.25) is 4.68 Å². The maximum atomic E-state index is 13.0. The number of pyridine rings is 1. The fourth-order valence-corrected chi connectivity index (χ4v) is 5.37. The molecule has 0 atom stereocenters. The quantitative estimate of drug-likeness (QED) is 0.735. The van der Waals surface area contributed by atoms with E-state index in [0.29, 0.717) is 17.6 Å². The number of nitrogens with zero attached hydrogens (tertiary/aromatic N) is 3. The van der Waals surface area contributed by atoms with E-state index in [-0.39, 0.29) is 4.90 Å². The van der Waals surface area contributed by atoms with Crippen molar-refractivity contribution in [2.24, 2.45) is 7.05 Å². The maximum Gasteiger partial charge on any atom is 0.243 e. The van der Waals surface area contributed by atoms with Gasteiger partial charge >= 0.3 is 0 Å². The number of aromatic nitrogens is 3.